The van der Waals surface area contributed by atoms with Crippen LogP contribution in [0.2, 0.25) is 0 Å². The van der Waals surface area contributed by atoms with Crippen molar-refractivity contribution < 1.29 is 33.9 Å². The van der Waals surface area contributed by atoms with E-state index in [0.29, 0.717) is 53.3 Å². The smallest absolute Gasteiger partial charge is 0.401 e. The molecule has 8 heteroatoms. The number of nitrogens with one attached hydrogen (secondary N) is 1. The summed E-state index contributed by atoms with van der Waals surface area (Å²) >= 11 is 0. The van der Waals surface area contributed by atoms with Crippen LogP contribution in [0.1, 0.15) is 97.8 Å². The minimum Gasteiger partial charge on any atom is -0.496 e. The van der Waals surface area contributed by atoms with E-state index in [2.05, 4.69) is 4.98 Å². The lowest BCUT2D eigenvalue weighted by atomic mass is 9.58. The summed E-state index contributed by atoms with van der Waals surface area (Å²) < 4.78 is 12.7. The fraction of sp³-hybridized carbons (Fsp3) is 0.486. The number of carboxylic acid groups (broad SMARTS) is 1. The number of benzene rings is 1. The van der Waals surface area contributed by atoms with Crippen LogP contribution >= 0.6 is 0 Å². The van der Waals surface area contributed by atoms with Crippen LogP contribution in [0.25, 0.3) is 11.3 Å². The number of carboxylic acids is 1. The predicted molar refractivity (Wildman–Crippen MR) is 158 cm³/mol. The molecule has 224 valence electrons. The number of aromatic amines is 1. The molecule has 1 aromatic carbocycles. The molecule has 0 radical (unpaired) electrons. The number of carbonyl (C=O) groups is 3. The highest BCUT2D eigenvalue weighted by Gasteiger charge is 2.56. The highest BCUT2D eigenvalue weighted by Crippen LogP contribution is 2.60. The third-order valence-electron chi connectivity index (χ3n) is 11.0. The first-order valence-corrected chi connectivity index (χ1v) is 15.6. The normalized spacial score (nSPS) is 23.4. The maximum Gasteiger partial charge on any atom is 0.401 e. The Kier molecular flexibility index (Phi) is 6.35. The Morgan fingerprint density at radius 3 is 2.35 bits per heavy atom. The molecule has 5 aliphatic rings. The molecular weight excluding hydrogens is 544 g/mol. The van der Waals surface area contributed by atoms with Gasteiger partial charge < -0.3 is 19.5 Å². The fourth-order valence-electron chi connectivity index (χ4n) is 8.45. The van der Waals surface area contributed by atoms with Gasteiger partial charge in [-0.2, -0.15) is 4.98 Å². The summed E-state index contributed by atoms with van der Waals surface area (Å²) in [4.78, 5) is 45.8. The predicted octanol–water partition coefficient (Wildman–Crippen LogP) is 5.82. The van der Waals surface area contributed by atoms with E-state index < -0.39 is 11.9 Å². The second-order valence-electron chi connectivity index (χ2n) is 13.2. The van der Waals surface area contributed by atoms with Crippen LogP contribution in [0.15, 0.2) is 46.9 Å². The number of aromatic carboxylic acids is 1. The molecule has 43 heavy (non-hydrogen) atoms. The van der Waals surface area contributed by atoms with Crippen LogP contribution in [0.5, 0.6) is 5.75 Å². The zero-order valence-electron chi connectivity index (χ0n) is 25.4. The number of rotatable bonds is 5. The maximum atomic E-state index is 14.5. The Morgan fingerprint density at radius 1 is 1.02 bits per heavy atom. The zero-order chi connectivity index (χ0) is 30.3. The van der Waals surface area contributed by atoms with Crippen molar-refractivity contribution in [1.29, 1.82) is 0 Å². The summed E-state index contributed by atoms with van der Waals surface area (Å²) in [6.07, 6.45) is 8.02. The van der Waals surface area contributed by atoms with Gasteiger partial charge in [0.2, 0.25) is 5.69 Å². The van der Waals surface area contributed by atoms with Crippen molar-refractivity contribution in [3.8, 4) is 17.0 Å². The Labute approximate surface area is 251 Å². The second kappa shape index (κ2) is 9.79. The average molecular weight is 584 g/mol. The topological polar surface area (TPSA) is 107 Å². The number of allylic oxidation sites excluding steroid dienone is 2. The largest absolute Gasteiger partial charge is 0.496 e. The molecule has 2 spiro atoms. The van der Waals surface area contributed by atoms with Gasteiger partial charge in [0.25, 0.3) is 11.6 Å². The molecule has 2 aromatic rings. The molecule has 2 N–H and O–H groups in total. The summed E-state index contributed by atoms with van der Waals surface area (Å²) in [6.45, 7) is 6.35. The van der Waals surface area contributed by atoms with Crippen molar-refractivity contribution in [2.45, 2.75) is 90.0 Å². The maximum absolute atomic E-state index is 14.5. The molecule has 0 bridgehead atoms. The number of aromatic nitrogens is 1. The molecule has 0 saturated heterocycles. The summed E-state index contributed by atoms with van der Waals surface area (Å²) in [5.41, 5.74) is 4.66. The number of pyridine rings is 1. The van der Waals surface area contributed by atoms with E-state index in [0.717, 1.165) is 67.4 Å². The first kappa shape index (κ1) is 27.9. The summed E-state index contributed by atoms with van der Waals surface area (Å²) in [5, 5.41) is 9.79. The fourth-order valence-corrected chi connectivity index (χ4v) is 8.45. The van der Waals surface area contributed by atoms with E-state index >= 15 is 0 Å². The first-order chi connectivity index (χ1) is 20.6. The van der Waals surface area contributed by atoms with Crippen molar-refractivity contribution in [3.05, 3.63) is 69.3 Å². The number of hydrogen-bond acceptors (Lipinski definition) is 5. The molecule has 7 rings (SSSR count). The molecule has 0 unspecified atom stereocenters. The Morgan fingerprint density at radius 2 is 1.74 bits per heavy atom. The number of Topliss-reactive ketones (excluding diaryl/α,β-unsaturated/α-hetero) is 1. The third-order valence-corrected chi connectivity index (χ3v) is 11.0. The molecular formula is C35H39N2O6+. The lowest BCUT2D eigenvalue weighted by Crippen LogP contribution is -2.60. The van der Waals surface area contributed by atoms with Gasteiger partial charge >= 0.3 is 5.97 Å². The van der Waals surface area contributed by atoms with Gasteiger partial charge in [-0.3, -0.25) is 9.59 Å². The Hall–Kier alpha value is -3.94. The van der Waals surface area contributed by atoms with Gasteiger partial charge in [-0.25, -0.2) is 4.79 Å². The van der Waals surface area contributed by atoms with Crippen molar-refractivity contribution >= 4 is 17.7 Å². The Balaban J connectivity index is 1.46. The number of likely N-dealkylation sites (N-methyl/N-ethyl adjacent to an activating group) is 1. The first-order valence-electron chi connectivity index (χ1n) is 15.6. The average Bonchev–Trinajstić information content (AvgIpc) is 2.94. The van der Waals surface area contributed by atoms with Gasteiger partial charge in [0.15, 0.2) is 5.78 Å². The van der Waals surface area contributed by atoms with Crippen LogP contribution in [0.3, 0.4) is 0 Å². The number of H-pyrrole nitrogens is 1. The number of nitrogens with zero attached hydrogens (tertiary/aromatic N) is 1. The third kappa shape index (κ3) is 4.01. The number of ether oxygens (including phenoxy) is 2. The lowest BCUT2D eigenvalue weighted by Gasteiger charge is -2.55. The summed E-state index contributed by atoms with van der Waals surface area (Å²) in [5.74, 6) is 0.377. The van der Waals surface area contributed by atoms with E-state index in [9.17, 15) is 19.5 Å². The molecule has 3 heterocycles. The molecule has 2 aliphatic heterocycles. The van der Waals surface area contributed by atoms with Gasteiger partial charge in [0, 0.05) is 54.1 Å². The van der Waals surface area contributed by atoms with Crippen LogP contribution in [0, 0.1) is 19.3 Å². The highest BCUT2D eigenvalue weighted by atomic mass is 16.5. The molecule has 1 atom stereocenters. The number of methoxy groups -OCH3 is 1. The van der Waals surface area contributed by atoms with Crippen LogP contribution in [0.4, 0.5) is 0 Å². The van der Waals surface area contributed by atoms with E-state index in [4.69, 9.17) is 9.47 Å². The number of amides is 1. The molecule has 2 fully saturated rings. The molecule has 1 amide bonds. The standard InChI is InChI=1S/C35H38N2O6/c1-5-37-32(39)29-26(18-35(37)14-7-15-35)43-25-17-34(12-6-13-34)16-23(38)28(25)30(29)27-20(3)21(9-11-24(27)42-4)22-10-8-19(2)31(36-22)33(40)41/h8-11,30H,5-7,12-18H2,1-4H3,(H,40,41)/p+1/t30-/m0/s1. The molecule has 3 aliphatic carbocycles. The van der Waals surface area contributed by atoms with Crippen molar-refractivity contribution in [3.63, 3.8) is 0 Å². The summed E-state index contributed by atoms with van der Waals surface area (Å²) in [7, 11) is 1.61. The van der Waals surface area contributed by atoms with Crippen LogP contribution in [-0.2, 0) is 14.3 Å². The number of ketones is 1. The van der Waals surface area contributed by atoms with Gasteiger partial charge in [0.05, 0.1) is 24.1 Å². The van der Waals surface area contributed by atoms with E-state index in [1.807, 2.05) is 36.9 Å². The van der Waals surface area contributed by atoms with Gasteiger partial charge in [-0.15, -0.1) is 0 Å². The Bertz CT molecular complexity index is 1660. The molecule has 1 aromatic heterocycles. The number of carbonyl (C=O) groups excluding carboxylic acids is 2. The van der Waals surface area contributed by atoms with E-state index in [1.165, 1.54) is 0 Å². The summed E-state index contributed by atoms with van der Waals surface area (Å²) in [6, 6.07) is 7.43. The van der Waals surface area contributed by atoms with Crippen molar-refractivity contribution in [2.75, 3.05) is 13.7 Å². The minimum absolute atomic E-state index is 0.0358. The van der Waals surface area contributed by atoms with Crippen LogP contribution in [-0.4, -0.2) is 46.9 Å². The van der Waals surface area contributed by atoms with E-state index in [-0.39, 0.29) is 28.3 Å². The second-order valence-corrected chi connectivity index (χ2v) is 13.2. The highest BCUT2D eigenvalue weighted by molar-refractivity contribution is 6.06. The number of aryl methyl sites for hydroxylation is 1. The van der Waals surface area contributed by atoms with Crippen molar-refractivity contribution in [1.82, 2.24) is 4.90 Å². The van der Waals surface area contributed by atoms with Gasteiger partial charge in [-0.05, 0) is 82.1 Å². The monoisotopic (exact) mass is 583 g/mol. The molecule has 8 nitrogen and oxygen atoms in total. The quantitative estimate of drug-likeness (QED) is 0.475. The minimum atomic E-state index is -1.03. The van der Waals surface area contributed by atoms with Gasteiger partial charge in [0.1, 0.15) is 17.3 Å². The SMILES string of the molecule is CCN1C(=O)C2=C(CC13CCC3)OC1=C(C(=O)CC3(CCC3)C1)[C@@H]2c1c(OC)ccc(-c2ccc(C)c(C(=O)O)[nH+]2)c1C. The zero-order valence-corrected chi connectivity index (χ0v) is 25.4. The lowest BCUT2D eigenvalue weighted by molar-refractivity contribution is -0.370. The number of hydrogen-bond donors (Lipinski definition) is 1. The van der Waals surface area contributed by atoms with Gasteiger partial charge in [-0.1, -0.05) is 6.42 Å². The molecule has 2 saturated carbocycles. The van der Waals surface area contributed by atoms with Crippen LogP contribution < -0.4 is 9.72 Å². The van der Waals surface area contributed by atoms with Crippen molar-refractivity contribution in [2.24, 2.45) is 5.41 Å². The van der Waals surface area contributed by atoms with E-state index in [1.54, 1.807) is 20.1 Å².